The van der Waals surface area contributed by atoms with Crippen LogP contribution in [0.2, 0.25) is 0 Å². The Morgan fingerprint density at radius 1 is 0.273 bits per heavy atom. The van der Waals surface area contributed by atoms with Crippen LogP contribution in [0.25, 0.3) is 111 Å². The standard InChI is InChI=1S/C51H31N3O/c1-3-14-32(15-4-1)34-26-29-43(45(30-34)33-16-5-2-6-17-33)50-52-49(53-51(54-50)44-24-13-23-42-41-22-11-12-25-47(41)55-48(42)44)35-27-28-40-38-20-8-7-18-36(38)37-19-9-10-21-39(37)46(40)31-35/h1-31H. The number of aromatic nitrogens is 3. The monoisotopic (exact) mass is 701 g/mol. The zero-order valence-electron chi connectivity index (χ0n) is 29.6. The van der Waals surface area contributed by atoms with E-state index < -0.39 is 0 Å². The molecule has 0 spiro atoms. The lowest BCUT2D eigenvalue weighted by atomic mass is 9.93. The van der Waals surface area contributed by atoms with Gasteiger partial charge in [0, 0.05) is 21.9 Å². The molecule has 11 aromatic rings. The second-order valence-electron chi connectivity index (χ2n) is 13.9. The van der Waals surface area contributed by atoms with Crippen molar-refractivity contribution in [1.29, 1.82) is 0 Å². The first kappa shape index (κ1) is 31.1. The van der Waals surface area contributed by atoms with Gasteiger partial charge in [-0.05, 0) is 84.9 Å². The Balaban J connectivity index is 1.19. The minimum absolute atomic E-state index is 0.555. The Hall–Kier alpha value is -7.43. The highest BCUT2D eigenvalue weighted by Gasteiger charge is 2.20. The highest BCUT2D eigenvalue weighted by Crippen LogP contribution is 2.40. The van der Waals surface area contributed by atoms with Gasteiger partial charge in [0.15, 0.2) is 17.5 Å². The van der Waals surface area contributed by atoms with Gasteiger partial charge in [0.25, 0.3) is 0 Å². The third-order valence-corrected chi connectivity index (χ3v) is 10.7. The summed E-state index contributed by atoms with van der Waals surface area (Å²) in [5, 5.41) is 9.33. The van der Waals surface area contributed by atoms with Gasteiger partial charge in [-0.25, -0.2) is 15.0 Å². The molecule has 0 amide bonds. The fraction of sp³-hybridized carbons (Fsp3) is 0. The lowest BCUT2D eigenvalue weighted by molar-refractivity contribution is 0.669. The molecule has 55 heavy (non-hydrogen) atoms. The molecular weight excluding hydrogens is 671 g/mol. The van der Waals surface area contributed by atoms with Gasteiger partial charge in [-0.2, -0.15) is 0 Å². The van der Waals surface area contributed by atoms with Gasteiger partial charge >= 0.3 is 0 Å². The summed E-state index contributed by atoms with van der Waals surface area (Å²) in [5.74, 6) is 1.74. The van der Waals surface area contributed by atoms with Crippen LogP contribution in [0.15, 0.2) is 192 Å². The van der Waals surface area contributed by atoms with E-state index in [1.165, 1.54) is 26.9 Å². The lowest BCUT2D eigenvalue weighted by Gasteiger charge is -2.15. The Morgan fingerprint density at radius 3 is 1.51 bits per heavy atom. The fourth-order valence-corrected chi connectivity index (χ4v) is 8.12. The molecule has 0 N–H and O–H groups in total. The minimum atomic E-state index is 0.555. The van der Waals surface area contributed by atoms with Crippen LogP contribution in [0.4, 0.5) is 0 Å². The number of rotatable bonds is 5. The van der Waals surface area contributed by atoms with E-state index in [1.54, 1.807) is 0 Å². The maximum absolute atomic E-state index is 6.53. The fourth-order valence-electron chi connectivity index (χ4n) is 8.12. The lowest BCUT2D eigenvalue weighted by Crippen LogP contribution is -2.01. The van der Waals surface area contributed by atoms with Crippen LogP contribution < -0.4 is 0 Å². The van der Waals surface area contributed by atoms with Crippen LogP contribution in [0, 0.1) is 0 Å². The molecule has 11 rings (SSSR count). The number of nitrogens with zero attached hydrogens (tertiary/aromatic N) is 3. The summed E-state index contributed by atoms with van der Waals surface area (Å²) in [6.45, 7) is 0. The highest BCUT2D eigenvalue weighted by molar-refractivity contribution is 6.25. The van der Waals surface area contributed by atoms with E-state index in [9.17, 15) is 0 Å². The first-order valence-electron chi connectivity index (χ1n) is 18.5. The van der Waals surface area contributed by atoms with Gasteiger partial charge < -0.3 is 4.42 Å². The van der Waals surface area contributed by atoms with E-state index in [0.717, 1.165) is 66.3 Å². The summed E-state index contributed by atoms with van der Waals surface area (Å²) in [6, 6.07) is 65.7. The van der Waals surface area contributed by atoms with E-state index in [-0.39, 0.29) is 0 Å². The van der Waals surface area contributed by atoms with Crippen molar-refractivity contribution in [2.24, 2.45) is 0 Å². The number of fused-ring (bicyclic) bond motifs is 9. The van der Waals surface area contributed by atoms with Crippen LogP contribution >= 0.6 is 0 Å². The average molecular weight is 702 g/mol. The molecule has 0 bridgehead atoms. The first-order chi connectivity index (χ1) is 27.3. The van der Waals surface area contributed by atoms with E-state index >= 15 is 0 Å². The van der Waals surface area contributed by atoms with Crippen LogP contribution in [0.1, 0.15) is 0 Å². The number of hydrogen-bond acceptors (Lipinski definition) is 4. The quantitative estimate of drug-likeness (QED) is 0.168. The predicted octanol–water partition coefficient (Wildman–Crippen LogP) is 13.6. The third kappa shape index (κ3) is 5.19. The number of benzene rings is 9. The van der Waals surface area contributed by atoms with Crippen LogP contribution in [0.3, 0.4) is 0 Å². The van der Waals surface area contributed by atoms with Crippen molar-refractivity contribution in [2.45, 2.75) is 0 Å². The van der Waals surface area contributed by atoms with Gasteiger partial charge in [-0.3, -0.25) is 0 Å². The van der Waals surface area contributed by atoms with E-state index in [2.05, 4.69) is 152 Å². The third-order valence-electron chi connectivity index (χ3n) is 10.7. The summed E-state index contributed by atoms with van der Waals surface area (Å²) in [4.78, 5) is 15.8. The molecule has 0 saturated heterocycles. The van der Waals surface area contributed by atoms with Gasteiger partial charge in [0.2, 0.25) is 0 Å². The summed E-state index contributed by atoms with van der Waals surface area (Å²) in [7, 11) is 0. The largest absolute Gasteiger partial charge is 0.455 e. The minimum Gasteiger partial charge on any atom is -0.455 e. The summed E-state index contributed by atoms with van der Waals surface area (Å²) < 4.78 is 6.53. The van der Waals surface area contributed by atoms with Crippen molar-refractivity contribution in [1.82, 2.24) is 15.0 Å². The first-order valence-corrected chi connectivity index (χ1v) is 18.5. The number of hydrogen-bond donors (Lipinski definition) is 0. The Kier molecular flexibility index (Phi) is 7.14. The SMILES string of the molecule is c1ccc(-c2ccc(-c3nc(-c4ccc5c6ccccc6c6ccccc6c5c4)nc(-c4cccc5c4oc4ccccc45)n3)c(-c3ccccc3)c2)cc1. The Bertz CT molecular complexity index is 3220. The van der Waals surface area contributed by atoms with Crippen LogP contribution in [0.5, 0.6) is 0 Å². The summed E-state index contributed by atoms with van der Waals surface area (Å²) >= 11 is 0. The zero-order chi connectivity index (χ0) is 36.3. The Morgan fingerprint density at radius 2 is 0.800 bits per heavy atom. The maximum Gasteiger partial charge on any atom is 0.167 e. The molecule has 4 nitrogen and oxygen atoms in total. The molecule has 2 heterocycles. The topological polar surface area (TPSA) is 51.8 Å². The van der Waals surface area contributed by atoms with Crippen molar-refractivity contribution in [3.8, 4) is 56.4 Å². The second kappa shape index (κ2) is 12.6. The van der Waals surface area contributed by atoms with Crippen LogP contribution in [-0.4, -0.2) is 15.0 Å². The molecule has 0 saturated carbocycles. The predicted molar refractivity (Wildman–Crippen MR) is 227 cm³/mol. The molecule has 0 aliphatic rings. The molecule has 0 radical (unpaired) electrons. The molecule has 0 fully saturated rings. The molecular formula is C51H31N3O. The summed E-state index contributed by atoms with van der Waals surface area (Å²) in [5.41, 5.74) is 8.64. The highest BCUT2D eigenvalue weighted by atomic mass is 16.3. The second-order valence-corrected chi connectivity index (χ2v) is 13.9. The summed E-state index contributed by atoms with van der Waals surface area (Å²) in [6.07, 6.45) is 0. The molecule has 0 atom stereocenters. The number of para-hydroxylation sites is 2. The molecule has 2 aromatic heterocycles. The maximum atomic E-state index is 6.53. The van der Waals surface area contributed by atoms with Gasteiger partial charge in [0.1, 0.15) is 11.2 Å². The molecule has 0 aliphatic heterocycles. The van der Waals surface area contributed by atoms with Crippen LogP contribution in [-0.2, 0) is 0 Å². The van der Waals surface area contributed by atoms with Gasteiger partial charge in [0.05, 0.1) is 5.56 Å². The number of furan rings is 1. The molecule has 0 aliphatic carbocycles. The van der Waals surface area contributed by atoms with E-state index in [4.69, 9.17) is 19.4 Å². The molecule has 9 aromatic carbocycles. The van der Waals surface area contributed by atoms with Crippen molar-refractivity contribution in [3.63, 3.8) is 0 Å². The molecule has 0 unspecified atom stereocenters. The normalized spacial score (nSPS) is 11.6. The van der Waals surface area contributed by atoms with Gasteiger partial charge in [-0.15, -0.1) is 0 Å². The van der Waals surface area contributed by atoms with Crippen molar-refractivity contribution >= 4 is 54.3 Å². The van der Waals surface area contributed by atoms with Crippen molar-refractivity contribution < 1.29 is 4.42 Å². The van der Waals surface area contributed by atoms with Gasteiger partial charge in [-0.1, -0.05) is 158 Å². The van der Waals surface area contributed by atoms with Crippen molar-refractivity contribution in [3.05, 3.63) is 188 Å². The van der Waals surface area contributed by atoms with Crippen molar-refractivity contribution in [2.75, 3.05) is 0 Å². The zero-order valence-corrected chi connectivity index (χ0v) is 29.6. The molecule has 256 valence electrons. The average Bonchev–Trinajstić information content (AvgIpc) is 3.66. The molecule has 4 heteroatoms. The smallest absolute Gasteiger partial charge is 0.167 e. The van der Waals surface area contributed by atoms with E-state index in [0.29, 0.717) is 17.5 Å². The Labute approximate surface area is 317 Å². The van der Waals surface area contributed by atoms with E-state index in [1.807, 2.05) is 36.4 Å².